The SMILES string of the molecule is O=C(N=c1sccn1-c1ccc(-c2ccc(Cl)cc2)cc1)N1CCCC1. The summed E-state index contributed by atoms with van der Waals surface area (Å²) in [7, 11) is 0. The Bertz CT molecular complexity index is 967. The summed E-state index contributed by atoms with van der Waals surface area (Å²) < 4.78 is 1.95. The lowest BCUT2D eigenvalue weighted by atomic mass is 10.1. The monoisotopic (exact) mass is 383 g/mol. The van der Waals surface area contributed by atoms with E-state index in [1.165, 1.54) is 11.3 Å². The predicted molar refractivity (Wildman–Crippen MR) is 106 cm³/mol. The second-order valence-electron chi connectivity index (χ2n) is 6.20. The Balaban J connectivity index is 1.61. The summed E-state index contributed by atoms with van der Waals surface area (Å²) in [6, 6.07) is 15.8. The highest BCUT2D eigenvalue weighted by atomic mass is 35.5. The Morgan fingerprint density at radius 3 is 2.23 bits per heavy atom. The smallest absolute Gasteiger partial charge is 0.323 e. The molecule has 0 N–H and O–H groups in total. The number of thiazole rings is 1. The molecule has 4 rings (SSSR count). The van der Waals surface area contributed by atoms with Crippen molar-refractivity contribution in [1.29, 1.82) is 0 Å². The lowest BCUT2D eigenvalue weighted by molar-refractivity contribution is 0.218. The first-order valence-electron chi connectivity index (χ1n) is 8.57. The fourth-order valence-electron chi connectivity index (χ4n) is 3.07. The summed E-state index contributed by atoms with van der Waals surface area (Å²) in [6.45, 7) is 1.62. The maximum absolute atomic E-state index is 12.3. The quantitative estimate of drug-likeness (QED) is 0.615. The molecule has 0 aliphatic carbocycles. The molecule has 4 nitrogen and oxygen atoms in total. The van der Waals surface area contributed by atoms with Gasteiger partial charge in [0.05, 0.1) is 0 Å². The van der Waals surface area contributed by atoms with Crippen molar-refractivity contribution < 1.29 is 4.79 Å². The summed E-state index contributed by atoms with van der Waals surface area (Å²) in [5.41, 5.74) is 3.22. The first-order valence-corrected chi connectivity index (χ1v) is 9.83. The normalized spacial score (nSPS) is 14.8. The summed E-state index contributed by atoms with van der Waals surface area (Å²) in [6.07, 6.45) is 4.08. The van der Waals surface area contributed by atoms with E-state index in [1.807, 2.05) is 57.4 Å². The first kappa shape index (κ1) is 17.1. The molecule has 1 saturated heterocycles. The molecule has 2 heterocycles. The van der Waals surface area contributed by atoms with Crippen LogP contribution in [0.5, 0.6) is 0 Å². The molecular weight excluding hydrogens is 366 g/mol. The summed E-state index contributed by atoms with van der Waals surface area (Å²) in [5.74, 6) is 0. The summed E-state index contributed by atoms with van der Waals surface area (Å²) in [5, 5.41) is 2.68. The van der Waals surface area contributed by atoms with Gasteiger partial charge in [-0.3, -0.25) is 4.57 Å². The highest BCUT2D eigenvalue weighted by Crippen LogP contribution is 2.22. The average Bonchev–Trinajstić information content (AvgIpc) is 3.34. The minimum Gasteiger partial charge on any atom is -0.323 e. The first-order chi connectivity index (χ1) is 12.7. The zero-order chi connectivity index (χ0) is 17.9. The third-order valence-corrected chi connectivity index (χ3v) is 5.49. The second-order valence-corrected chi connectivity index (χ2v) is 7.51. The number of likely N-dealkylation sites (tertiary alicyclic amines) is 1. The van der Waals surface area contributed by atoms with Gasteiger partial charge < -0.3 is 4.90 Å². The van der Waals surface area contributed by atoms with Gasteiger partial charge in [-0.05, 0) is 48.2 Å². The number of hydrogen-bond donors (Lipinski definition) is 0. The van der Waals surface area contributed by atoms with Gasteiger partial charge in [0, 0.05) is 35.4 Å². The van der Waals surface area contributed by atoms with Gasteiger partial charge in [-0.2, -0.15) is 4.99 Å². The number of carbonyl (C=O) groups is 1. The number of hydrogen-bond acceptors (Lipinski definition) is 2. The molecule has 6 heteroatoms. The molecule has 3 aromatic rings. The van der Waals surface area contributed by atoms with Gasteiger partial charge in [0.15, 0.2) is 4.80 Å². The largest absolute Gasteiger partial charge is 0.346 e. The topological polar surface area (TPSA) is 37.6 Å². The molecule has 0 radical (unpaired) electrons. The van der Waals surface area contributed by atoms with Crippen molar-refractivity contribution in [1.82, 2.24) is 9.47 Å². The Morgan fingerprint density at radius 1 is 0.962 bits per heavy atom. The fraction of sp³-hybridized carbons (Fsp3) is 0.200. The summed E-state index contributed by atoms with van der Waals surface area (Å²) >= 11 is 7.42. The van der Waals surface area contributed by atoms with Crippen LogP contribution in [0.3, 0.4) is 0 Å². The Labute approximate surface area is 161 Å². The van der Waals surface area contributed by atoms with E-state index in [2.05, 4.69) is 17.1 Å². The van der Waals surface area contributed by atoms with Crippen molar-refractivity contribution in [2.75, 3.05) is 13.1 Å². The molecule has 1 aliphatic rings. The average molecular weight is 384 g/mol. The molecule has 132 valence electrons. The summed E-state index contributed by atoms with van der Waals surface area (Å²) in [4.78, 5) is 19.1. The molecule has 1 fully saturated rings. The zero-order valence-corrected chi connectivity index (χ0v) is 15.7. The number of amides is 2. The lowest BCUT2D eigenvalue weighted by Gasteiger charge is -2.11. The number of nitrogens with zero attached hydrogens (tertiary/aromatic N) is 3. The van der Waals surface area contributed by atoms with Crippen molar-refractivity contribution in [3.05, 3.63) is 69.9 Å². The molecule has 0 atom stereocenters. The van der Waals surface area contributed by atoms with Crippen molar-refractivity contribution >= 4 is 29.0 Å². The van der Waals surface area contributed by atoms with E-state index < -0.39 is 0 Å². The van der Waals surface area contributed by atoms with Gasteiger partial charge in [-0.25, -0.2) is 4.79 Å². The molecular formula is C20H18ClN3OS. The van der Waals surface area contributed by atoms with Crippen LogP contribution < -0.4 is 4.80 Å². The van der Waals surface area contributed by atoms with E-state index in [1.54, 1.807) is 0 Å². The van der Waals surface area contributed by atoms with Gasteiger partial charge in [-0.1, -0.05) is 35.9 Å². The highest BCUT2D eigenvalue weighted by Gasteiger charge is 2.17. The van der Waals surface area contributed by atoms with Crippen LogP contribution in [0.1, 0.15) is 12.8 Å². The maximum atomic E-state index is 12.3. The van der Waals surface area contributed by atoms with E-state index in [-0.39, 0.29) is 6.03 Å². The predicted octanol–water partition coefficient (Wildman–Crippen LogP) is 4.98. The van der Waals surface area contributed by atoms with E-state index in [0.29, 0.717) is 4.80 Å². The highest BCUT2D eigenvalue weighted by molar-refractivity contribution is 7.07. The zero-order valence-electron chi connectivity index (χ0n) is 14.1. The molecule has 1 aliphatic heterocycles. The minimum absolute atomic E-state index is 0.142. The van der Waals surface area contributed by atoms with Crippen molar-refractivity contribution in [3.63, 3.8) is 0 Å². The van der Waals surface area contributed by atoms with Crippen LogP contribution in [0, 0.1) is 0 Å². The number of benzene rings is 2. The number of urea groups is 1. The van der Waals surface area contributed by atoms with Crippen LogP contribution in [0.2, 0.25) is 5.02 Å². The van der Waals surface area contributed by atoms with Crippen molar-refractivity contribution in [2.45, 2.75) is 12.8 Å². The van der Waals surface area contributed by atoms with E-state index in [4.69, 9.17) is 11.6 Å². The third-order valence-electron chi connectivity index (χ3n) is 4.48. The number of rotatable bonds is 2. The standard InChI is InChI=1S/C20H18ClN3OS/c21-17-7-3-15(4-8-17)16-5-9-18(10-6-16)24-13-14-26-20(24)22-19(25)23-11-1-2-12-23/h3-10,13-14H,1-2,11-12H2. The Kier molecular flexibility index (Phi) is 4.91. The van der Waals surface area contributed by atoms with Gasteiger partial charge in [0.1, 0.15) is 0 Å². The molecule has 0 unspecified atom stereocenters. The van der Waals surface area contributed by atoms with Crippen LogP contribution in [0.25, 0.3) is 16.8 Å². The maximum Gasteiger partial charge on any atom is 0.346 e. The second kappa shape index (κ2) is 7.48. The number of halogens is 1. The van der Waals surface area contributed by atoms with E-state index in [9.17, 15) is 4.79 Å². The van der Waals surface area contributed by atoms with Crippen molar-refractivity contribution in [2.24, 2.45) is 4.99 Å². The number of carbonyl (C=O) groups excluding carboxylic acids is 1. The Hall–Kier alpha value is -2.37. The van der Waals surface area contributed by atoms with E-state index in [0.717, 1.165) is 47.8 Å². The van der Waals surface area contributed by atoms with Crippen LogP contribution >= 0.6 is 22.9 Å². The molecule has 2 amide bonds. The van der Waals surface area contributed by atoms with Crippen LogP contribution in [-0.2, 0) is 0 Å². The fourth-order valence-corrected chi connectivity index (χ4v) is 3.91. The molecule has 26 heavy (non-hydrogen) atoms. The van der Waals surface area contributed by atoms with Crippen molar-refractivity contribution in [3.8, 4) is 16.8 Å². The molecule has 0 spiro atoms. The minimum atomic E-state index is -0.142. The molecule has 0 saturated carbocycles. The van der Waals surface area contributed by atoms with E-state index >= 15 is 0 Å². The molecule has 2 aromatic carbocycles. The molecule has 1 aromatic heterocycles. The van der Waals surface area contributed by atoms with Crippen LogP contribution in [-0.4, -0.2) is 28.6 Å². The van der Waals surface area contributed by atoms with Crippen LogP contribution in [0.4, 0.5) is 4.79 Å². The molecule has 0 bridgehead atoms. The van der Waals surface area contributed by atoms with Gasteiger partial charge in [-0.15, -0.1) is 11.3 Å². The third kappa shape index (κ3) is 3.59. The Morgan fingerprint density at radius 2 is 1.58 bits per heavy atom. The number of aromatic nitrogens is 1. The van der Waals surface area contributed by atoms with Gasteiger partial charge >= 0.3 is 6.03 Å². The van der Waals surface area contributed by atoms with Crippen LogP contribution in [0.15, 0.2) is 65.1 Å². The van der Waals surface area contributed by atoms with Gasteiger partial charge in [0.25, 0.3) is 0 Å². The lowest BCUT2D eigenvalue weighted by Crippen LogP contribution is -2.27. The van der Waals surface area contributed by atoms with Gasteiger partial charge in [0.2, 0.25) is 0 Å².